The third-order valence-corrected chi connectivity index (χ3v) is 4.45. The second-order valence-corrected chi connectivity index (χ2v) is 8.22. The first-order chi connectivity index (χ1) is 14.6. The molecule has 0 spiro atoms. The summed E-state index contributed by atoms with van der Waals surface area (Å²) in [4.78, 5) is 0. The van der Waals surface area contributed by atoms with Gasteiger partial charge in [-0.15, -0.1) is 3.89 Å². The summed E-state index contributed by atoms with van der Waals surface area (Å²) in [6.45, 7) is 0. The monoisotopic (exact) mass is 470 g/mol. The summed E-state index contributed by atoms with van der Waals surface area (Å²) < 4.78 is 78.2. The summed E-state index contributed by atoms with van der Waals surface area (Å²) in [5.41, 5.74) is 0.652. The van der Waals surface area contributed by atoms with Crippen LogP contribution in [0.2, 0.25) is 0 Å². The number of hydrogen-bond donors (Lipinski definition) is 0. The second kappa shape index (κ2) is 9.23. The molecule has 0 saturated heterocycles. The molecule has 0 aliphatic rings. The zero-order chi connectivity index (χ0) is 22.5. The first-order valence-corrected chi connectivity index (χ1v) is 11.4. The van der Waals surface area contributed by atoms with Crippen LogP contribution in [0.4, 0.5) is 7.77 Å². The van der Waals surface area contributed by atoms with E-state index in [2.05, 4.69) is 14.2 Å². The predicted molar refractivity (Wildman–Crippen MR) is 111 cm³/mol. The van der Waals surface area contributed by atoms with Crippen molar-refractivity contribution in [1.82, 2.24) is 0 Å². The smallest absolute Gasteiger partial charge is 0.451 e. The number of hydrogen-bond acceptors (Lipinski definition) is 7. The van der Waals surface area contributed by atoms with Crippen LogP contribution in [-0.2, 0) is 20.7 Å². The number of ether oxygens (including phenoxy) is 2. The van der Waals surface area contributed by atoms with Crippen LogP contribution in [0.15, 0.2) is 78.9 Å². The van der Waals surface area contributed by atoms with Crippen molar-refractivity contribution in [2.45, 2.75) is 6.29 Å². The molecule has 0 aliphatic heterocycles. The van der Waals surface area contributed by atoms with Gasteiger partial charge < -0.3 is 17.8 Å². The Morgan fingerprint density at radius 1 is 0.645 bits per heavy atom. The van der Waals surface area contributed by atoms with Crippen molar-refractivity contribution in [2.75, 3.05) is 0 Å². The minimum atomic E-state index is -5.13. The topological polar surface area (TPSA) is 88.1 Å². The Labute approximate surface area is 178 Å². The van der Waals surface area contributed by atoms with Crippen molar-refractivity contribution in [1.29, 1.82) is 0 Å². The molecule has 0 amide bonds. The van der Waals surface area contributed by atoms with Crippen molar-refractivity contribution in [2.24, 2.45) is 0 Å². The van der Waals surface area contributed by atoms with Gasteiger partial charge in [0.15, 0.2) is 0 Å². The third-order valence-electron chi connectivity index (χ3n) is 3.62. The van der Waals surface area contributed by atoms with Gasteiger partial charge in [0.1, 0.15) is 23.0 Å². The lowest BCUT2D eigenvalue weighted by Gasteiger charge is -2.21. The summed E-state index contributed by atoms with van der Waals surface area (Å²) in [7, 11) is -9.28. The van der Waals surface area contributed by atoms with Crippen molar-refractivity contribution in [3.05, 3.63) is 84.4 Å². The van der Waals surface area contributed by atoms with Crippen LogP contribution in [0.1, 0.15) is 11.9 Å². The predicted octanol–water partition coefficient (Wildman–Crippen LogP) is 4.33. The molecule has 0 aromatic heterocycles. The Bertz CT molecular complexity index is 1130. The molecule has 3 aromatic carbocycles. The van der Waals surface area contributed by atoms with Crippen molar-refractivity contribution in [3.63, 3.8) is 0 Å². The Morgan fingerprint density at radius 2 is 1.06 bits per heavy atom. The van der Waals surface area contributed by atoms with Crippen LogP contribution in [0.25, 0.3) is 0 Å². The fraction of sp³-hybridized carbons (Fsp3) is 0.0500. The van der Waals surface area contributed by atoms with Crippen LogP contribution < -0.4 is 17.8 Å². The largest absolute Gasteiger partial charge is 0.488 e. The highest BCUT2D eigenvalue weighted by atomic mass is 32.3. The van der Waals surface area contributed by atoms with Gasteiger partial charge in [-0.2, -0.15) is 12.6 Å². The van der Waals surface area contributed by atoms with E-state index in [0.29, 0.717) is 11.3 Å². The maximum Gasteiger partial charge on any atom is 0.488 e. The molecule has 31 heavy (non-hydrogen) atoms. The summed E-state index contributed by atoms with van der Waals surface area (Å²) >= 11 is 0. The van der Waals surface area contributed by atoms with Crippen molar-refractivity contribution >= 4 is 26.6 Å². The van der Waals surface area contributed by atoms with E-state index in [4.69, 9.17) is 9.47 Å². The first kappa shape index (κ1) is 22.4. The zero-order valence-corrected chi connectivity index (χ0v) is 17.4. The lowest BCUT2D eigenvalue weighted by Crippen LogP contribution is -2.15. The van der Waals surface area contributed by atoms with Gasteiger partial charge in [0.25, 0.3) is 16.5 Å². The number of rotatable bonds is 9. The van der Waals surface area contributed by atoms with Crippen molar-refractivity contribution < 1.29 is 38.2 Å². The van der Waals surface area contributed by atoms with Crippen LogP contribution >= 0.6 is 0 Å². The van der Waals surface area contributed by atoms with Gasteiger partial charge in [0.05, 0.1) is 0 Å². The summed E-state index contributed by atoms with van der Waals surface area (Å²) in [6.07, 6.45) is -0.928. The summed E-state index contributed by atoms with van der Waals surface area (Å²) in [5.74, 6) is 3.17. The van der Waals surface area contributed by atoms with E-state index in [0.717, 1.165) is 0 Å². The molecule has 11 heteroatoms. The van der Waals surface area contributed by atoms with Crippen LogP contribution in [-0.4, -0.2) is 18.5 Å². The molecule has 3 aromatic rings. The van der Waals surface area contributed by atoms with E-state index in [1.54, 1.807) is 24.3 Å². The highest BCUT2D eigenvalue weighted by Gasteiger charge is 2.16. The van der Waals surface area contributed by atoms with E-state index in [9.17, 15) is 20.4 Å². The standard InChI is InChI=1S/C20H16F2O7S2/c1-30(21,23)28-18-11-7-16(8-12-18)26-20(15-5-3-2-4-6-15)27-17-9-13-19(14-10-17)29-31(22,24)25/h2-14,20H,1H2. The summed E-state index contributed by atoms with van der Waals surface area (Å²) in [6, 6.07) is 19.7. The van der Waals surface area contributed by atoms with Crippen LogP contribution in [0, 0.1) is 0 Å². The molecule has 0 radical (unpaired) electrons. The molecular formula is C20H16F2O7S2. The molecule has 0 bridgehead atoms. The van der Waals surface area contributed by atoms with E-state index < -0.39 is 27.0 Å². The Kier molecular flexibility index (Phi) is 6.66. The molecule has 2 unspecified atom stereocenters. The Balaban J connectivity index is 1.78. The quantitative estimate of drug-likeness (QED) is 0.261. The fourth-order valence-electron chi connectivity index (χ4n) is 2.42. The SMILES string of the molecule is C=S(=O)(F)Oc1ccc(OC(Oc2ccc(OS(=O)(=O)F)cc2)c2ccccc2)cc1. The van der Waals surface area contributed by atoms with Gasteiger partial charge in [0, 0.05) is 11.4 Å². The van der Waals surface area contributed by atoms with Gasteiger partial charge in [-0.05, 0) is 48.5 Å². The minimum Gasteiger partial charge on any atom is -0.451 e. The highest BCUT2D eigenvalue weighted by Crippen LogP contribution is 2.29. The molecule has 0 heterocycles. The molecule has 164 valence electrons. The molecule has 0 N–H and O–H groups in total. The third kappa shape index (κ3) is 7.46. The Morgan fingerprint density at radius 3 is 1.48 bits per heavy atom. The Hall–Kier alpha value is -3.31. The second-order valence-electron chi connectivity index (χ2n) is 6.02. The fourth-order valence-corrected chi connectivity index (χ4v) is 3.16. The van der Waals surface area contributed by atoms with E-state index in [1.807, 2.05) is 6.07 Å². The average Bonchev–Trinajstić information content (AvgIpc) is 2.69. The minimum absolute atomic E-state index is 0.00503. The maximum absolute atomic E-state index is 13.0. The molecule has 0 saturated carbocycles. The average molecular weight is 470 g/mol. The van der Waals surface area contributed by atoms with E-state index in [-0.39, 0.29) is 17.2 Å². The molecule has 0 fully saturated rings. The molecule has 7 nitrogen and oxygen atoms in total. The van der Waals surface area contributed by atoms with Gasteiger partial charge >= 0.3 is 10.5 Å². The number of benzene rings is 3. The lowest BCUT2D eigenvalue weighted by molar-refractivity contribution is 0.00376. The van der Waals surface area contributed by atoms with Crippen LogP contribution in [0.3, 0.4) is 0 Å². The van der Waals surface area contributed by atoms with Crippen molar-refractivity contribution in [3.8, 4) is 23.0 Å². The molecule has 3 rings (SSSR count). The molecule has 0 aliphatic carbocycles. The number of halogens is 2. The van der Waals surface area contributed by atoms with Gasteiger partial charge in [-0.1, -0.05) is 34.2 Å². The molecule has 2 atom stereocenters. The van der Waals surface area contributed by atoms with E-state index in [1.165, 1.54) is 48.5 Å². The highest BCUT2D eigenvalue weighted by molar-refractivity contribution is 7.91. The van der Waals surface area contributed by atoms with E-state index >= 15 is 0 Å². The lowest BCUT2D eigenvalue weighted by atomic mass is 10.2. The first-order valence-electron chi connectivity index (χ1n) is 8.56. The van der Waals surface area contributed by atoms with Crippen LogP contribution in [0.5, 0.6) is 23.0 Å². The summed E-state index contributed by atoms with van der Waals surface area (Å²) in [5, 5.41) is 0. The normalized spacial score (nSPS) is 14.1. The zero-order valence-electron chi connectivity index (χ0n) is 15.7. The van der Waals surface area contributed by atoms with Gasteiger partial charge in [-0.3, -0.25) is 0 Å². The van der Waals surface area contributed by atoms with Gasteiger partial charge in [-0.25, -0.2) is 0 Å². The van der Waals surface area contributed by atoms with Gasteiger partial charge in [0.2, 0.25) is 0 Å². The maximum atomic E-state index is 13.0. The molecular weight excluding hydrogens is 454 g/mol.